The highest BCUT2D eigenvalue weighted by Gasteiger charge is 2.34. The number of piperazine rings is 1. The number of benzene rings is 2. The molecule has 2 fully saturated rings. The van der Waals surface area contributed by atoms with Crippen molar-refractivity contribution in [3.63, 3.8) is 0 Å². The van der Waals surface area contributed by atoms with E-state index in [0.717, 1.165) is 50.3 Å². The summed E-state index contributed by atoms with van der Waals surface area (Å²) in [5, 5.41) is 2.93. The molecule has 0 aromatic heterocycles. The maximum Gasteiger partial charge on any atom is 0.255 e. The topological polar surface area (TPSA) is 61.9 Å². The molecule has 1 saturated heterocycles. The number of carbonyl (C=O) groups is 2. The van der Waals surface area contributed by atoms with Gasteiger partial charge in [0.1, 0.15) is 5.75 Å². The minimum absolute atomic E-state index is 0.166. The van der Waals surface area contributed by atoms with Gasteiger partial charge in [0.25, 0.3) is 5.91 Å². The lowest BCUT2D eigenvalue weighted by molar-refractivity contribution is -0.132. The first-order chi connectivity index (χ1) is 14.0. The van der Waals surface area contributed by atoms with Gasteiger partial charge < -0.3 is 19.9 Å². The lowest BCUT2D eigenvalue weighted by Gasteiger charge is -2.36. The SMILES string of the molecule is COc1ccc(C)cc1NC(=O)c1ccc(N2CCN(C(=O)C3CC3)CC2)cc1. The van der Waals surface area contributed by atoms with Gasteiger partial charge in [0.2, 0.25) is 5.91 Å². The molecule has 0 radical (unpaired) electrons. The first-order valence-corrected chi connectivity index (χ1v) is 10.1. The van der Waals surface area contributed by atoms with Gasteiger partial charge in [0.05, 0.1) is 12.8 Å². The van der Waals surface area contributed by atoms with E-state index >= 15 is 0 Å². The fourth-order valence-corrected chi connectivity index (χ4v) is 3.71. The maximum atomic E-state index is 12.6. The van der Waals surface area contributed by atoms with Gasteiger partial charge in [-0.2, -0.15) is 0 Å². The molecule has 2 aliphatic rings. The second-order valence-corrected chi connectivity index (χ2v) is 7.79. The van der Waals surface area contributed by atoms with Crippen molar-refractivity contribution < 1.29 is 14.3 Å². The Morgan fingerprint density at radius 2 is 1.69 bits per heavy atom. The van der Waals surface area contributed by atoms with Crippen LogP contribution < -0.4 is 15.0 Å². The summed E-state index contributed by atoms with van der Waals surface area (Å²) in [5.41, 5.74) is 3.39. The molecule has 29 heavy (non-hydrogen) atoms. The molecule has 6 heteroatoms. The van der Waals surface area contributed by atoms with Crippen LogP contribution in [-0.4, -0.2) is 50.0 Å². The second-order valence-electron chi connectivity index (χ2n) is 7.79. The van der Waals surface area contributed by atoms with Gasteiger partial charge in [-0.25, -0.2) is 0 Å². The van der Waals surface area contributed by atoms with Crippen molar-refractivity contribution in [1.29, 1.82) is 0 Å². The Hall–Kier alpha value is -3.02. The summed E-state index contributed by atoms with van der Waals surface area (Å²) in [6.45, 7) is 5.16. The summed E-state index contributed by atoms with van der Waals surface area (Å²) < 4.78 is 5.33. The van der Waals surface area contributed by atoms with Gasteiger partial charge in [-0.3, -0.25) is 9.59 Å². The molecule has 2 amide bonds. The number of hydrogen-bond donors (Lipinski definition) is 1. The maximum absolute atomic E-state index is 12.6. The highest BCUT2D eigenvalue weighted by atomic mass is 16.5. The van der Waals surface area contributed by atoms with Crippen molar-refractivity contribution in [2.75, 3.05) is 43.5 Å². The number of rotatable bonds is 5. The number of amides is 2. The van der Waals surface area contributed by atoms with Crippen LogP contribution in [0.3, 0.4) is 0 Å². The molecule has 0 atom stereocenters. The van der Waals surface area contributed by atoms with Crippen LogP contribution in [0.4, 0.5) is 11.4 Å². The van der Waals surface area contributed by atoms with E-state index in [4.69, 9.17) is 4.74 Å². The summed E-state index contributed by atoms with van der Waals surface area (Å²) >= 11 is 0. The van der Waals surface area contributed by atoms with Crippen molar-refractivity contribution in [1.82, 2.24) is 4.90 Å². The predicted molar refractivity (Wildman–Crippen MR) is 114 cm³/mol. The van der Waals surface area contributed by atoms with Crippen LogP contribution in [0, 0.1) is 12.8 Å². The minimum atomic E-state index is -0.166. The highest BCUT2D eigenvalue weighted by Crippen LogP contribution is 2.31. The Morgan fingerprint density at radius 3 is 2.31 bits per heavy atom. The van der Waals surface area contributed by atoms with Crippen LogP contribution in [0.25, 0.3) is 0 Å². The average molecular weight is 393 g/mol. The van der Waals surface area contributed by atoms with E-state index in [9.17, 15) is 9.59 Å². The molecule has 0 spiro atoms. The number of anilines is 2. The van der Waals surface area contributed by atoms with Crippen molar-refractivity contribution in [2.24, 2.45) is 5.92 Å². The normalized spacial score (nSPS) is 16.5. The van der Waals surface area contributed by atoms with Crippen LogP contribution in [0.1, 0.15) is 28.8 Å². The van der Waals surface area contributed by atoms with Crippen molar-refractivity contribution in [2.45, 2.75) is 19.8 Å². The highest BCUT2D eigenvalue weighted by molar-refractivity contribution is 6.05. The zero-order valence-corrected chi connectivity index (χ0v) is 17.0. The third-order valence-corrected chi connectivity index (χ3v) is 5.62. The largest absolute Gasteiger partial charge is 0.495 e. The summed E-state index contributed by atoms with van der Waals surface area (Å²) in [5.74, 6) is 1.08. The standard InChI is InChI=1S/C23H27N3O3/c1-16-3-10-21(29-2)20(15-16)24-22(27)17-6-8-19(9-7-17)25-11-13-26(14-12-25)23(28)18-4-5-18/h3,6-10,15,18H,4-5,11-14H2,1-2H3,(H,24,27). The van der Waals surface area contributed by atoms with Crippen LogP contribution in [0.5, 0.6) is 5.75 Å². The van der Waals surface area contributed by atoms with E-state index in [1.165, 1.54) is 0 Å². The zero-order chi connectivity index (χ0) is 20.4. The minimum Gasteiger partial charge on any atom is -0.495 e. The van der Waals surface area contributed by atoms with E-state index in [1.807, 2.05) is 54.3 Å². The molecule has 4 rings (SSSR count). The number of nitrogens with zero attached hydrogens (tertiary/aromatic N) is 2. The molecular weight excluding hydrogens is 366 g/mol. The Balaban J connectivity index is 1.37. The van der Waals surface area contributed by atoms with Crippen molar-refractivity contribution in [3.05, 3.63) is 53.6 Å². The van der Waals surface area contributed by atoms with Crippen LogP contribution in [0.15, 0.2) is 42.5 Å². The molecule has 2 aromatic rings. The first kappa shape index (κ1) is 19.3. The van der Waals surface area contributed by atoms with Gasteiger partial charge in [0, 0.05) is 43.3 Å². The molecule has 1 aliphatic heterocycles. The van der Waals surface area contributed by atoms with Gasteiger partial charge >= 0.3 is 0 Å². The average Bonchev–Trinajstić information content (AvgIpc) is 3.59. The summed E-state index contributed by atoms with van der Waals surface area (Å²) in [4.78, 5) is 29.1. The summed E-state index contributed by atoms with van der Waals surface area (Å²) in [6.07, 6.45) is 2.11. The van der Waals surface area contributed by atoms with Crippen LogP contribution in [-0.2, 0) is 4.79 Å². The quantitative estimate of drug-likeness (QED) is 0.847. The van der Waals surface area contributed by atoms with Crippen LogP contribution >= 0.6 is 0 Å². The number of ether oxygens (including phenoxy) is 1. The third kappa shape index (κ3) is 4.36. The van der Waals surface area contributed by atoms with E-state index in [0.29, 0.717) is 22.9 Å². The number of nitrogens with one attached hydrogen (secondary N) is 1. The molecule has 0 bridgehead atoms. The number of aryl methyl sites for hydroxylation is 1. The zero-order valence-electron chi connectivity index (χ0n) is 17.0. The van der Waals surface area contributed by atoms with Crippen LogP contribution in [0.2, 0.25) is 0 Å². The first-order valence-electron chi connectivity index (χ1n) is 10.1. The van der Waals surface area contributed by atoms with Crippen molar-refractivity contribution in [3.8, 4) is 5.75 Å². The fourth-order valence-electron chi connectivity index (χ4n) is 3.71. The smallest absolute Gasteiger partial charge is 0.255 e. The molecule has 2 aromatic carbocycles. The molecular formula is C23H27N3O3. The van der Waals surface area contributed by atoms with E-state index in [2.05, 4.69) is 10.2 Å². The van der Waals surface area contributed by atoms with Gasteiger partial charge in [-0.15, -0.1) is 0 Å². The molecule has 0 unspecified atom stereocenters. The number of methoxy groups -OCH3 is 1. The van der Waals surface area contributed by atoms with Gasteiger partial charge in [-0.05, 0) is 61.7 Å². The third-order valence-electron chi connectivity index (χ3n) is 5.62. The summed E-state index contributed by atoms with van der Waals surface area (Å²) in [6, 6.07) is 13.3. The fraction of sp³-hybridized carbons (Fsp3) is 0.391. The summed E-state index contributed by atoms with van der Waals surface area (Å²) in [7, 11) is 1.59. The van der Waals surface area contributed by atoms with E-state index < -0.39 is 0 Å². The monoisotopic (exact) mass is 393 g/mol. The Kier molecular flexibility index (Phi) is 5.43. The second kappa shape index (κ2) is 8.15. The molecule has 1 heterocycles. The van der Waals surface area contributed by atoms with E-state index in [-0.39, 0.29) is 11.8 Å². The lowest BCUT2D eigenvalue weighted by Crippen LogP contribution is -2.49. The molecule has 6 nitrogen and oxygen atoms in total. The molecule has 152 valence electrons. The van der Waals surface area contributed by atoms with E-state index in [1.54, 1.807) is 7.11 Å². The molecule has 1 aliphatic carbocycles. The Morgan fingerprint density at radius 1 is 1.00 bits per heavy atom. The lowest BCUT2D eigenvalue weighted by atomic mass is 10.1. The molecule has 1 N–H and O–H groups in total. The Bertz CT molecular complexity index is 898. The predicted octanol–water partition coefficient (Wildman–Crippen LogP) is 3.31. The molecule has 1 saturated carbocycles. The van der Waals surface area contributed by atoms with Gasteiger partial charge in [0.15, 0.2) is 0 Å². The van der Waals surface area contributed by atoms with Crippen molar-refractivity contribution >= 4 is 23.2 Å². The van der Waals surface area contributed by atoms with Gasteiger partial charge in [-0.1, -0.05) is 6.07 Å². The Labute approximate surface area is 171 Å². The number of carbonyl (C=O) groups excluding carboxylic acids is 2. The number of hydrogen-bond acceptors (Lipinski definition) is 4.